The van der Waals surface area contributed by atoms with Gasteiger partial charge in [0.2, 0.25) is 0 Å². The third-order valence-electron chi connectivity index (χ3n) is 4.76. The minimum absolute atomic E-state index is 0.139. The number of hydrogen-bond acceptors (Lipinski definition) is 3. The summed E-state index contributed by atoms with van der Waals surface area (Å²) in [5.41, 5.74) is 1.11. The fraction of sp³-hybridized carbons (Fsp3) is 0.722. The Morgan fingerprint density at radius 2 is 2.00 bits per heavy atom. The Bertz CT molecular complexity index is 387. The average Bonchev–Trinajstić information content (AvgIpc) is 2.53. The first-order valence-electron chi connectivity index (χ1n) is 8.48. The maximum Gasteiger partial charge on any atom is 0.0587 e. The molecule has 0 amide bonds. The molecule has 0 spiro atoms. The van der Waals surface area contributed by atoms with Crippen molar-refractivity contribution in [1.29, 1.82) is 0 Å². The number of aliphatic hydroxyl groups excluding tert-OH is 1. The van der Waals surface area contributed by atoms with E-state index >= 15 is 0 Å². The number of aromatic nitrogens is 1. The SMILES string of the molecule is CC(C)[C@@H](CO)N[C@@H](CC1CCCCC1)c1ccccn1. The molecule has 0 bridgehead atoms. The van der Waals surface area contributed by atoms with Gasteiger partial charge in [-0.3, -0.25) is 4.98 Å². The van der Waals surface area contributed by atoms with Gasteiger partial charge in [-0.25, -0.2) is 0 Å². The molecule has 1 aliphatic rings. The van der Waals surface area contributed by atoms with Crippen LogP contribution in [0.3, 0.4) is 0 Å². The molecule has 118 valence electrons. The van der Waals surface area contributed by atoms with Crippen molar-refractivity contribution < 1.29 is 5.11 Å². The van der Waals surface area contributed by atoms with Crippen molar-refractivity contribution in [1.82, 2.24) is 10.3 Å². The van der Waals surface area contributed by atoms with Gasteiger partial charge in [0.05, 0.1) is 18.3 Å². The standard InChI is InChI=1S/C18H30N2O/c1-14(2)18(13-21)20-17(16-10-6-7-11-19-16)12-15-8-4-3-5-9-15/h6-7,10-11,14-15,17-18,20-21H,3-5,8-9,12-13H2,1-2H3/t17-,18+/m0/s1. The van der Waals surface area contributed by atoms with E-state index in [1.165, 1.54) is 32.1 Å². The van der Waals surface area contributed by atoms with Crippen LogP contribution in [0.15, 0.2) is 24.4 Å². The zero-order chi connectivity index (χ0) is 15.1. The number of nitrogens with one attached hydrogen (secondary N) is 1. The van der Waals surface area contributed by atoms with Gasteiger partial charge in [0.15, 0.2) is 0 Å². The zero-order valence-corrected chi connectivity index (χ0v) is 13.5. The van der Waals surface area contributed by atoms with Crippen LogP contribution in [0.4, 0.5) is 0 Å². The second-order valence-corrected chi connectivity index (χ2v) is 6.75. The second-order valence-electron chi connectivity index (χ2n) is 6.75. The van der Waals surface area contributed by atoms with Gasteiger partial charge in [-0.2, -0.15) is 0 Å². The molecule has 0 radical (unpaired) electrons. The van der Waals surface area contributed by atoms with Crippen LogP contribution in [-0.2, 0) is 0 Å². The molecule has 2 rings (SSSR count). The molecule has 0 aromatic carbocycles. The zero-order valence-electron chi connectivity index (χ0n) is 13.5. The summed E-state index contributed by atoms with van der Waals surface area (Å²) in [6.45, 7) is 4.50. The summed E-state index contributed by atoms with van der Waals surface area (Å²) in [7, 11) is 0. The molecule has 3 heteroatoms. The molecular weight excluding hydrogens is 260 g/mol. The van der Waals surface area contributed by atoms with Crippen molar-refractivity contribution in [2.24, 2.45) is 11.8 Å². The van der Waals surface area contributed by atoms with Gasteiger partial charge in [-0.1, -0.05) is 52.0 Å². The fourth-order valence-electron chi connectivity index (χ4n) is 3.33. The molecule has 1 heterocycles. The van der Waals surface area contributed by atoms with Gasteiger partial charge in [0, 0.05) is 12.2 Å². The number of hydrogen-bond donors (Lipinski definition) is 2. The van der Waals surface area contributed by atoms with Gasteiger partial charge in [-0.05, 0) is 30.4 Å². The Labute approximate surface area is 129 Å². The highest BCUT2D eigenvalue weighted by Gasteiger charge is 2.24. The van der Waals surface area contributed by atoms with E-state index in [1.807, 2.05) is 12.3 Å². The molecule has 1 saturated carbocycles. The normalized spacial score (nSPS) is 19.6. The number of nitrogens with zero attached hydrogens (tertiary/aromatic N) is 1. The Balaban J connectivity index is 2.06. The first-order chi connectivity index (χ1) is 10.2. The van der Waals surface area contributed by atoms with Gasteiger partial charge in [0.1, 0.15) is 0 Å². The van der Waals surface area contributed by atoms with E-state index in [2.05, 4.69) is 36.3 Å². The lowest BCUT2D eigenvalue weighted by atomic mass is 9.83. The highest BCUT2D eigenvalue weighted by atomic mass is 16.3. The molecular formula is C18H30N2O. The Morgan fingerprint density at radius 3 is 2.57 bits per heavy atom. The van der Waals surface area contributed by atoms with E-state index in [1.54, 1.807) is 0 Å². The highest BCUT2D eigenvalue weighted by molar-refractivity contribution is 5.09. The maximum atomic E-state index is 9.62. The first kappa shape index (κ1) is 16.4. The lowest BCUT2D eigenvalue weighted by Crippen LogP contribution is -2.40. The first-order valence-corrected chi connectivity index (χ1v) is 8.48. The lowest BCUT2D eigenvalue weighted by molar-refractivity contribution is 0.186. The van der Waals surface area contributed by atoms with Crippen molar-refractivity contribution >= 4 is 0 Å². The van der Waals surface area contributed by atoms with E-state index in [-0.39, 0.29) is 18.7 Å². The highest BCUT2D eigenvalue weighted by Crippen LogP contribution is 2.31. The van der Waals surface area contributed by atoms with E-state index in [9.17, 15) is 5.11 Å². The number of aliphatic hydroxyl groups is 1. The lowest BCUT2D eigenvalue weighted by Gasteiger charge is -2.31. The molecule has 1 fully saturated rings. The van der Waals surface area contributed by atoms with E-state index in [0.29, 0.717) is 5.92 Å². The van der Waals surface area contributed by atoms with E-state index < -0.39 is 0 Å². The third kappa shape index (κ3) is 5.08. The maximum absolute atomic E-state index is 9.62. The van der Waals surface area contributed by atoms with Gasteiger partial charge in [0.25, 0.3) is 0 Å². The molecule has 1 aliphatic carbocycles. The topological polar surface area (TPSA) is 45.1 Å². The van der Waals surface area contributed by atoms with Crippen LogP contribution in [0.2, 0.25) is 0 Å². The molecule has 21 heavy (non-hydrogen) atoms. The van der Waals surface area contributed by atoms with Gasteiger partial charge < -0.3 is 10.4 Å². The molecule has 2 atom stereocenters. The van der Waals surface area contributed by atoms with Crippen molar-refractivity contribution in [3.8, 4) is 0 Å². The molecule has 0 saturated heterocycles. The average molecular weight is 290 g/mol. The summed E-state index contributed by atoms with van der Waals surface area (Å²) in [4.78, 5) is 4.55. The predicted octanol–water partition coefficient (Wildman–Crippen LogP) is 3.70. The minimum Gasteiger partial charge on any atom is -0.395 e. The quantitative estimate of drug-likeness (QED) is 0.805. The van der Waals surface area contributed by atoms with Crippen LogP contribution >= 0.6 is 0 Å². The molecule has 0 unspecified atom stereocenters. The van der Waals surface area contributed by atoms with Crippen molar-refractivity contribution in [2.75, 3.05) is 6.61 Å². The summed E-state index contributed by atoms with van der Waals surface area (Å²) >= 11 is 0. The minimum atomic E-state index is 0.139. The van der Waals surface area contributed by atoms with Crippen LogP contribution in [0.1, 0.15) is 64.1 Å². The summed E-state index contributed by atoms with van der Waals surface area (Å²) in [6.07, 6.45) is 9.82. The van der Waals surface area contributed by atoms with E-state index in [0.717, 1.165) is 18.0 Å². The monoisotopic (exact) mass is 290 g/mol. The van der Waals surface area contributed by atoms with Crippen molar-refractivity contribution in [3.05, 3.63) is 30.1 Å². The molecule has 2 N–H and O–H groups in total. The summed E-state index contributed by atoms with van der Waals surface area (Å²) in [6, 6.07) is 6.53. The van der Waals surface area contributed by atoms with Crippen LogP contribution in [0, 0.1) is 11.8 Å². The summed E-state index contributed by atoms with van der Waals surface area (Å²) < 4.78 is 0. The summed E-state index contributed by atoms with van der Waals surface area (Å²) in [5, 5.41) is 13.3. The Kier molecular flexibility index (Phi) is 6.65. The third-order valence-corrected chi connectivity index (χ3v) is 4.76. The van der Waals surface area contributed by atoms with Crippen LogP contribution in [0.5, 0.6) is 0 Å². The van der Waals surface area contributed by atoms with Gasteiger partial charge >= 0.3 is 0 Å². The van der Waals surface area contributed by atoms with E-state index in [4.69, 9.17) is 0 Å². The number of rotatable bonds is 7. The smallest absolute Gasteiger partial charge is 0.0587 e. The van der Waals surface area contributed by atoms with Crippen molar-refractivity contribution in [2.45, 2.75) is 64.5 Å². The molecule has 0 aliphatic heterocycles. The van der Waals surface area contributed by atoms with Crippen molar-refractivity contribution in [3.63, 3.8) is 0 Å². The molecule has 1 aromatic heterocycles. The fourth-order valence-corrected chi connectivity index (χ4v) is 3.33. The largest absolute Gasteiger partial charge is 0.395 e. The molecule has 3 nitrogen and oxygen atoms in total. The van der Waals surface area contributed by atoms with Crippen LogP contribution in [-0.4, -0.2) is 22.7 Å². The Morgan fingerprint density at radius 1 is 1.24 bits per heavy atom. The van der Waals surface area contributed by atoms with Crippen LogP contribution in [0.25, 0.3) is 0 Å². The predicted molar refractivity (Wildman–Crippen MR) is 87.0 cm³/mol. The number of pyridine rings is 1. The van der Waals surface area contributed by atoms with Crippen LogP contribution < -0.4 is 5.32 Å². The second kappa shape index (κ2) is 8.50. The van der Waals surface area contributed by atoms with Gasteiger partial charge in [-0.15, -0.1) is 0 Å². The molecule has 1 aromatic rings. The summed E-state index contributed by atoms with van der Waals surface area (Å²) in [5.74, 6) is 1.22. The Hall–Kier alpha value is -0.930.